The van der Waals surface area contributed by atoms with Crippen LogP contribution in [0.4, 0.5) is 0 Å². The standard InChI is InChI=1S/C8H8AsNO3/c1-5(11)9-6-2-3-10-7(4-6)8(12)13/h2-4,9H,1H3,(H,12,13). The van der Waals surface area contributed by atoms with E-state index in [4.69, 9.17) is 5.11 Å². The van der Waals surface area contributed by atoms with Crippen molar-refractivity contribution in [1.82, 2.24) is 4.98 Å². The molecule has 0 aromatic carbocycles. The van der Waals surface area contributed by atoms with Gasteiger partial charge in [-0.05, 0) is 0 Å². The second kappa shape index (κ2) is 4.19. The van der Waals surface area contributed by atoms with Crippen LogP contribution in [-0.2, 0) is 4.79 Å². The van der Waals surface area contributed by atoms with Crippen molar-refractivity contribution in [2.24, 2.45) is 0 Å². The van der Waals surface area contributed by atoms with Gasteiger partial charge in [-0.15, -0.1) is 0 Å². The van der Waals surface area contributed by atoms with Crippen LogP contribution in [0.1, 0.15) is 17.4 Å². The minimum absolute atomic E-state index is 0.00231. The van der Waals surface area contributed by atoms with Gasteiger partial charge in [-0.1, -0.05) is 0 Å². The molecule has 1 rings (SSSR count). The molecule has 0 aliphatic rings. The van der Waals surface area contributed by atoms with Gasteiger partial charge < -0.3 is 0 Å². The Morgan fingerprint density at radius 2 is 2.23 bits per heavy atom. The number of aromatic nitrogens is 1. The number of nitrogens with zero attached hydrogens (tertiary/aromatic N) is 1. The maximum atomic E-state index is 10.8. The van der Waals surface area contributed by atoms with E-state index in [-0.39, 0.29) is 10.3 Å². The summed E-state index contributed by atoms with van der Waals surface area (Å²) in [6, 6.07) is 3.15. The van der Waals surface area contributed by atoms with E-state index in [1.807, 2.05) is 0 Å². The van der Waals surface area contributed by atoms with Crippen LogP contribution in [0.5, 0.6) is 0 Å². The number of carbonyl (C=O) groups is 2. The molecule has 1 heterocycles. The summed E-state index contributed by atoms with van der Waals surface area (Å²) in [4.78, 5) is 24.9. The van der Waals surface area contributed by atoms with Gasteiger partial charge in [0, 0.05) is 0 Å². The quantitative estimate of drug-likeness (QED) is 0.717. The van der Waals surface area contributed by atoms with Crippen molar-refractivity contribution in [2.75, 3.05) is 0 Å². The number of aromatic carboxylic acids is 1. The summed E-state index contributed by atoms with van der Waals surface area (Å²) in [6.07, 6.45) is 1.42. The van der Waals surface area contributed by atoms with E-state index in [2.05, 4.69) is 4.98 Å². The molecule has 1 atom stereocenters. The zero-order valence-electron chi connectivity index (χ0n) is 6.94. The average Bonchev–Trinajstić information content (AvgIpc) is 2.03. The van der Waals surface area contributed by atoms with Crippen molar-refractivity contribution in [2.45, 2.75) is 6.92 Å². The molecule has 1 N–H and O–H groups in total. The molecule has 1 aromatic rings. The SMILES string of the molecule is CC(=O)[AsH]c1ccnc(C(=O)O)c1. The second-order valence-corrected chi connectivity index (χ2v) is 5.63. The summed E-state index contributed by atoms with van der Waals surface area (Å²) in [5.74, 6) is -1.06. The Bertz CT molecular complexity index is 351. The van der Waals surface area contributed by atoms with Gasteiger partial charge in [0.25, 0.3) is 0 Å². The third-order valence-electron chi connectivity index (χ3n) is 1.30. The Morgan fingerprint density at radius 3 is 2.77 bits per heavy atom. The Kier molecular flexibility index (Phi) is 3.20. The Morgan fingerprint density at radius 1 is 1.54 bits per heavy atom. The minimum atomic E-state index is -1.06. The summed E-state index contributed by atoms with van der Waals surface area (Å²) in [5.41, 5.74) is 0.00231. The van der Waals surface area contributed by atoms with Crippen molar-refractivity contribution in [3.8, 4) is 0 Å². The predicted octanol–water partition coefficient (Wildman–Crippen LogP) is -0.612. The van der Waals surface area contributed by atoms with Crippen molar-refractivity contribution in [1.29, 1.82) is 0 Å². The molecule has 68 valence electrons. The monoisotopic (exact) mass is 241 g/mol. The van der Waals surface area contributed by atoms with Crippen LogP contribution in [0.3, 0.4) is 0 Å². The first kappa shape index (κ1) is 9.93. The van der Waals surface area contributed by atoms with E-state index in [0.717, 1.165) is 4.35 Å². The van der Waals surface area contributed by atoms with E-state index in [9.17, 15) is 9.59 Å². The third-order valence-corrected chi connectivity index (χ3v) is 3.30. The Balaban J connectivity index is 2.91. The molecule has 0 bridgehead atoms. The molecule has 4 nitrogen and oxygen atoms in total. The molecule has 0 radical (unpaired) electrons. The van der Waals surface area contributed by atoms with E-state index in [0.29, 0.717) is 0 Å². The van der Waals surface area contributed by atoms with Crippen molar-refractivity contribution < 1.29 is 14.7 Å². The molecule has 1 unspecified atom stereocenters. The van der Waals surface area contributed by atoms with Gasteiger partial charge in [-0.25, -0.2) is 0 Å². The summed E-state index contributed by atoms with van der Waals surface area (Å²) in [5, 5.41) is 8.61. The predicted molar refractivity (Wildman–Crippen MR) is 48.7 cm³/mol. The van der Waals surface area contributed by atoms with Crippen LogP contribution in [-0.4, -0.2) is 36.4 Å². The van der Waals surface area contributed by atoms with Crippen LogP contribution in [0.2, 0.25) is 0 Å². The second-order valence-electron chi connectivity index (χ2n) is 2.42. The van der Waals surface area contributed by atoms with Crippen LogP contribution in [0, 0.1) is 0 Å². The first-order valence-electron chi connectivity index (χ1n) is 3.56. The van der Waals surface area contributed by atoms with Gasteiger partial charge >= 0.3 is 81.3 Å². The fraction of sp³-hybridized carbons (Fsp3) is 0.125. The number of carboxylic acid groups (broad SMARTS) is 1. The zero-order chi connectivity index (χ0) is 9.84. The molecule has 0 saturated heterocycles. The van der Waals surface area contributed by atoms with E-state index < -0.39 is 21.7 Å². The summed E-state index contributed by atoms with van der Waals surface area (Å²) in [7, 11) is 0. The Labute approximate surface area is 81.7 Å². The number of hydrogen-bond acceptors (Lipinski definition) is 3. The summed E-state index contributed by atoms with van der Waals surface area (Å²) < 4.78 is 0.933. The molecule has 0 fully saturated rings. The van der Waals surface area contributed by atoms with Crippen LogP contribution < -0.4 is 4.35 Å². The van der Waals surface area contributed by atoms with E-state index in [1.165, 1.54) is 19.2 Å². The summed E-state index contributed by atoms with van der Waals surface area (Å²) >= 11 is -0.850. The van der Waals surface area contributed by atoms with Gasteiger partial charge in [0.2, 0.25) is 0 Å². The van der Waals surface area contributed by atoms with Crippen LogP contribution in [0.15, 0.2) is 18.3 Å². The fourth-order valence-corrected chi connectivity index (χ4v) is 2.45. The first-order valence-corrected chi connectivity index (χ1v) is 5.66. The van der Waals surface area contributed by atoms with E-state index in [1.54, 1.807) is 6.07 Å². The van der Waals surface area contributed by atoms with Gasteiger partial charge in [0.1, 0.15) is 0 Å². The number of hydrogen-bond donors (Lipinski definition) is 1. The van der Waals surface area contributed by atoms with Gasteiger partial charge in [0.05, 0.1) is 0 Å². The van der Waals surface area contributed by atoms with Gasteiger partial charge in [-0.2, -0.15) is 0 Å². The molecule has 13 heavy (non-hydrogen) atoms. The van der Waals surface area contributed by atoms with E-state index >= 15 is 0 Å². The van der Waals surface area contributed by atoms with Crippen LogP contribution >= 0.6 is 0 Å². The molecule has 0 aliphatic carbocycles. The topological polar surface area (TPSA) is 67.3 Å². The Hall–Kier alpha value is -1.15. The number of carbonyl (C=O) groups excluding carboxylic acids is 1. The zero-order valence-corrected chi connectivity index (χ0v) is 9.04. The molecular weight excluding hydrogens is 233 g/mol. The molecule has 0 saturated carbocycles. The maximum absolute atomic E-state index is 10.8. The summed E-state index contributed by atoms with van der Waals surface area (Å²) in [6.45, 7) is 1.51. The normalized spacial score (nSPS) is 10.5. The number of carboxylic acids is 1. The molecule has 1 aromatic heterocycles. The molecule has 0 spiro atoms. The van der Waals surface area contributed by atoms with Crippen molar-refractivity contribution in [3.63, 3.8) is 0 Å². The third kappa shape index (κ3) is 2.99. The van der Waals surface area contributed by atoms with Gasteiger partial charge in [-0.3, -0.25) is 0 Å². The van der Waals surface area contributed by atoms with Gasteiger partial charge in [0.15, 0.2) is 0 Å². The van der Waals surface area contributed by atoms with Crippen molar-refractivity contribution in [3.05, 3.63) is 24.0 Å². The fourth-order valence-electron chi connectivity index (χ4n) is 0.829. The number of pyridine rings is 1. The molecule has 5 heteroatoms. The molecular formula is C8H8AsNO3. The first-order chi connectivity index (χ1) is 6.09. The molecule has 0 aliphatic heterocycles. The van der Waals surface area contributed by atoms with Crippen LogP contribution in [0.25, 0.3) is 0 Å². The number of rotatable bonds is 3. The molecule has 0 amide bonds. The van der Waals surface area contributed by atoms with Crippen molar-refractivity contribution >= 4 is 30.6 Å². The average molecular weight is 241 g/mol.